The Hall–Kier alpha value is -1.79. The zero-order valence-electron chi connectivity index (χ0n) is 12.4. The highest BCUT2D eigenvalue weighted by Crippen LogP contribution is 2.45. The molecule has 0 fully saturated rings. The van der Waals surface area contributed by atoms with Crippen LogP contribution in [-0.4, -0.2) is 32.9 Å². The zero-order chi connectivity index (χ0) is 14.8. The third kappa shape index (κ3) is 2.45. The number of hydrogen-bond acceptors (Lipinski definition) is 6. The van der Waals surface area contributed by atoms with Gasteiger partial charge < -0.3 is 19.5 Å². The highest BCUT2D eigenvalue weighted by molar-refractivity contribution is 7.15. The number of rotatable bonds is 4. The van der Waals surface area contributed by atoms with Gasteiger partial charge in [-0.3, -0.25) is 0 Å². The van der Waals surface area contributed by atoms with Crippen molar-refractivity contribution >= 4 is 11.3 Å². The molecule has 1 N–H and O–H groups in total. The second-order valence-electron chi connectivity index (χ2n) is 4.70. The van der Waals surface area contributed by atoms with Crippen molar-refractivity contribution in [2.75, 3.05) is 27.9 Å². The van der Waals surface area contributed by atoms with E-state index in [1.54, 1.807) is 32.7 Å². The highest BCUT2D eigenvalue weighted by atomic mass is 32.1. The molecule has 0 aliphatic carbocycles. The maximum Gasteiger partial charge on any atom is 0.204 e. The lowest BCUT2D eigenvalue weighted by Gasteiger charge is -2.14. The van der Waals surface area contributed by atoms with Crippen molar-refractivity contribution in [2.45, 2.75) is 13.0 Å². The van der Waals surface area contributed by atoms with Crippen LogP contribution >= 0.6 is 11.3 Å². The lowest BCUT2D eigenvalue weighted by atomic mass is 10.1. The topological polar surface area (TPSA) is 52.6 Å². The molecule has 0 amide bonds. The predicted molar refractivity (Wildman–Crippen MR) is 82.6 cm³/mol. The molecule has 5 nitrogen and oxygen atoms in total. The Kier molecular flexibility index (Phi) is 3.98. The van der Waals surface area contributed by atoms with Crippen LogP contribution < -0.4 is 19.5 Å². The van der Waals surface area contributed by atoms with Crippen molar-refractivity contribution in [1.82, 2.24) is 10.3 Å². The average Bonchev–Trinajstić information content (AvgIpc) is 2.96. The number of hydrogen-bond donors (Lipinski definition) is 1. The number of aromatic nitrogens is 1. The molecule has 2 aromatic rings. The molecule has 0 saturated carbocycles. The number of ether oxygens (including phenoxy) is 3. The molecule has 3 rings (SSSR count). The van der Waals surface area contributed by atoms with E-state index in [1.165, 1.54) is 10.6 Å². The monoisotopic (exact) mass is 306 g/mol. The molecular weight excluding hydrogens is 288 g/mol. The summed E-state index contributed by atoms with van der Waals surface area (Å²) in [6.07, 6.45) is 0.974. The first kappa shape index (κ1) is 14.2. The van der Waals surface area contributed by atoms with Gasteiger partial charge in [0.05, 0.1) is 32.6 Å². The highest BCUT2D eigenvalue weighted by Gasteiger charge is 2.21. The predicted octanol–water partition coefficient (Wildman–Crippen LogP) is 2.48. The van der Waals surface area contributed by atoms with Crippen LogP contribution in [0.3, 0.4) is 0 Å². The Balaban J connectivity index is 2.11. The van der Waals surface area contributed by atoms with E-state index in [9.17, 15) is 0 Å². The number of fused-ring (bicyclic) bond motifs is 1. The van der Waals surface area contributed by atoms with Gasteiger partial charge in [0.1, 0.15) is 5.01 Å². The van der Waals surface area contributed by atoms with Crippen LogP contribution in [0.5, 0.6) is 17.2 Å². The van der Waals surface area contributed by atoms with E-state index >= 15 is 0 Å². The Morgan fingerprint density at radius 2 is 1.90 bits per heavy atom. The molecule has 21 heavy (non-hydrogen) atoms. The first-order valence-electron chi connectivity index (χ1n) is 6.77. The fraction of sp³-hybridized carbons (Fsp3) is 0.400. The molecular formula is C15H18N2O3S. The van der Waals surface area contributed by atoms with Crippen molar-refractivity contribution in [2.24, 2.45) is 0 Å². The van der Waals surface area contributed by atoms with E-state index in [0.717, 1.165) is 30.1 Å². The fourth-order valence-electron chi connectivity index (χ4n) is 2.51. The van der Waals surface area contributed by atoms with Crippen molar-refractivity contribution in [3.05, 3.63) is 22.7 Å². The third-order valence-corrected chi connectivity index (χ3v) is 4.67. The Labute approximate surface area is 127 Å². The first-order valence-corrected chi connectivity index (χ1v) is 7.58. The average molecular weight is 306 g/mol. The van der Waals surface area contributed by atoms with Gasteiger partial charge in [0.25, 0.3) is 0 Å². The molecule has 112 valence electrons. The zero-order valence-corrected chi connectivity index (χ0v) is 13.2. The van der Waals surface area contributed by atoms with Gasteiger partial charge >= 0.3 is 0 Å². The van der Waals surface area contributed by atoms with Crippen LogP contribution in [0, 0.1) is 0 Å². The number of thiazole rings is 1. The molecule has 1 aromatic heterocycles. The Morgan fingerprint density at radius 1 is 1.10 bits per heavy atom. The smallest absolute Gasteiger partial charge is 0.204 e. The molecule has 0 saturated heterocycles. The number of nitrogens with zero attached hydrogens (tertiary/aromatic N) is 1. The van der Waals surface area contributed by atoms with Gasteiger partial charge in [-0.1, -0.05) is 0 Å². The SMILES string of the molecule is COc1ccc(-c2nc3c(s2)CNCC3)c(OC)c1OC. The summed E-state index contributed by atoms with van der Waals surface area (Å²) in [6.45, 7) is 1.88. The van der Waals surface area contributed by atoms with Crippen LogP contribution in [0.2, 0.25) is 0 Å². The van der Waals surface area contributed by atoms with Gasteiger partial charge in [-0.15, -0.1) is 11.3 Å². The molecule has 0 radical (unpaired) electrons. The van der Waals surface area contributed by atoms with E-state index in [0.29, 0.717) is 17.2 Å². The van der Waals surface area contributed by atoms with Crippen LogP contribution in [0.1, 0.15) is 10.6 Å². The van der Waals surface area contributed by atoms with Crippen molar-refractivity contribution < 1.29 is 14.2 Å². The second kappa shape index (κ2) is 5.91. The van der Waals surface area contributed by atoms with E-state index in [2.05, 4.69) is 5.32 Å². The van der Waals surface area contributed by atoms with Gasteiger partial charge in [-0.25, -0.2) is 4.98 Å². The second-order valence-corrected chi connectivity index (χ2v) is 5.78. The van der Waals surface area contributed by atoms with Gasteiger partial charge in [-0.05, 0) is 12.1 Å². The van der Waals surface area contributed by atoms with E-state index in [-0.39, 0.29) is 0 Å². The minimum Gasteiger partial charge on any atom is -0.493 e. The quantitative estimate of drug-likeness (QED) is 0.940. The third-order valence-electron chi connectivity index (χ3n) is 3.54. The molecule has 0 spiro atoms. The number of benzene rings is 1. The van der Waals surface area contributed by atoms with Crippen molar-refractivity contribution in [1.29, 1.82) is 0 Å². The summed E-state index contributed by atoms with van der Waals surface area (Å²) < 4.78 is 16.3. The normalized spacial score (nSPS) is 13.7. The minimum absolute atomic E-state index is 0.601. The molecule has 0 bridgehead atoms. The largest absolute Gasteiger partial charge is 0.493 e. The molecule has 0 unspecified atom stereocenters. The summed E-state index contributed by atoms with van der Waals surface area (Å²) in [4.78, 5) is 6.06. The minimum atomic E-state index is 0.601. The van der Waals surface area contributed by atoms with E-state index in [1.807, 2.05) is 12.1 Å². The Bertz CT molecular complexity index is 631. The van der Waals surface area contributed by atoms with Crippen LogP contribution in [0.15, 0.2) is 12.1 Å². The van der Waals surface area contributed by atoms with Crippen LogP contribution in [0.4, 0.5) is 0 Å². The first-order chi connectivity index (χ1) is 10.3. The van der Waals surface area contributed by atoms with E-state index < -0.39 is 0 Å². The summed E-state index contributed by atoms with van der Waals surface area (Å²) in [7, 11) is 4.86. The summed E-state index contributed by atoms with van der Waals surface area (Å²) in [5.41, 5.74) is 2.13. The molecule has 6 heteroatoms. The lowest BCUT2D eigenvalue weighted by molar-refractivity contribution is 0.325. The van der Waals surface area contributed by atoms with Crippen LogP contribution in [0.25, 0.3) is 10.6 Å². The maximum absolute atomic E-state index is 5.54. The Morgan fingerprint density at radius 3 is 2.57 bits per heavy atom. The molecule has 1 aliphatic heterocycles. The van der Waals surface area contributed by atoms with Gasteiger partial charge in [0.2, 0.25) is 5.75 Å². The summed E-state index contributed by atoms with van der Waals surface area (Å²) in [6, 6.07) is 3.85. The summed E-state index contributed by atoms with van der Waals surface area (Å²) in [5, 5.41) is 4.33. The molecule has 1 aromatic carbocycles. The van der Waals surface area contributed by atoms with Crippen LogP contribution in [-0.2, 0) is 13.0 Å². The van der Waals surface area contributed by atoms with Gasteiger partial charge in [-0.2, -0.15) is 0 Å². The van der Waals surface area contributed by atoms with Gasteiger partial charge in [0, 0.05) is 24.4 Å². The fourth-order valence-corrected chi connectivity index (χ4v) is 3.61. The standard InChI is InChI=1S/C15H18N2O3S/c1-18-11-5-4-9(13(19-2)14(11)20-3)15-17-10-6-7-16-8-12(10)21-15/h4-5,16H,6-8H2,1-3H3. The summed E-state index contributed by atoms with van der Waals surface area (Å²) in [5.74, 6) is 1.92. The lowest BCUT2D eigenvalue weighted by Crippen LogP contribution is -2.22. The number of nitrogens with one attached hydrogen (secondary N) is 1. The summed E-state index contributed by atoms with van der Waals surface area (Å²) >= 11 is 1.70. The van der Waals surface area contributed by atoms with Gasteiger partial charge in [0.15, 0.2) is 11.5 Å². The molecule has 2 heterocycles. The molecule has 0 atom stereocenters. The maximum atomic E-state index is 5.54. The van der Waals surface area contributed by atoms with Crippen molar-refractivity contribution in [3.8, 4) is 27.8 Å². The molecule has 1 aliphatic rings. The van der Waals surface area contributed by atoms with Crippen molar-refractivity contribution in [3.63, 3.8) is 0 Å². The van der Waals surface area contributed by atoms with E-state index in [4.69, 9.17) is 19.2 Å². The number of methoxy groups -OCH3 is 3.